The standard InChI is InChI=1S/C17H23ClN2O/c18-14-8-6-12(7-9-14)16(11-4-5-11)20-17(21)13-2-1-3-15(19)10-13/h6-9,11,13,15-16H,1-5,10,19H2,(H,20,21). The van der Waals surface area contributed by atoms with Gasteiger partial charge in [0.25, 0.3) is 0 Å². The lowest BCUT2D eigenvalue weighted by Crippen LogP contribution is -2.39. The molecule has 3 atom stereocenters. The number of hydrogen-bond acceptors (Lipinski definition) is 2. The molecule has 0 aromatic heterocycles. The average molecular weight is 307 g/mol. The van der Waals surface area contributed by atoms with Crippen molar-refractivity contribution in [3.8, 4) is 0 Å². The fourth-order valence-electron chi connectivity index (χ4n) is 3.31. The van der Waals surface area contributed by atoms with Gasteiger partial charge in [-0.15, -0.1) is 0 Å². The number of carbonyl (C=O) groups is 1. The third kappa shape index (κ3) is 3.78. The normalized spacial score (nSPS) is 27.1. The van der Waals surface area contributed by atoms with E-state index >= 15 is 0 Å². The molecule has 2 saturated carbocycles. The lowest BCUT2D eigenvalue weighted by atomic mass is 9.85. The van der Waals surface area contributed by atoms with Gasteiger partial charge in [0.15, 0.2) is 0 Å². The van der Waals surface area contributed by atoms with Gasteiger partial charge in [-0.1, -0.05) is 30.2 Å². The number of halogens is 1. The second kappa shape index (κ2) is 6.37. The molecular formula is C17H23ClN2O. The summed E-state index contributed by atoms with van der Waals surface area (Å²) < 4.78 is 0. The van der Waals surface area contributed by atoms with Crippen LogP contribution in [-0.4, -0.2) is 11.9 Å². The van der Waals surface area contributed by atoms with Gasteiger partial charge in [-0.25, -0.2) is 0 Å². The maximum absolute atomic E-state index is 12.5. The Labute approximate surface area is 131 Å². The Kier molecular flexibility index (Phi) is 4.51. The molecule has 2 aliphatic carbocycles. The molecule has 1 aromatic carbocycles. The Morgan fingerprint density at radius 3 is 2.52 bits per heavy atom. The summed E-state index contributed by atoms with van der Waals surface area (Å²) in [5, 5.41) is 4.00. The molecule has 114 valence electrons. The largest absolute Gasteiger partial charge is 0.349 e. The van der Waals surface area contributed by atoms with E-state index in [2.05, 4.69) is 5.32 Å². The van der Waals surface area contributed by atoms with Crippen LogP contribution in [0.25, 0.3) is 0 Å². The predicted octanol–water partition coefficient (Wildman–Crippen LogP) is 3.42. The number of nitrogens with one attached hydrogen (secondary N) is 1. The van der Waals surface area contributed by atoms with Crippen LogP contribution in [0, 0.1) is 11.8 Å². The van der Waals surface area contributed by atoms with Crippen LogP contribution in [0.15, 0.2) is 24.3 Å². The zero-order valence-corrected chi connectivity index (χ0v) is 13.0. The molecule has 0 aliphatic heterocycles. The van der Waals surface area contributed by atoms with Crippen molar-refractivity contribution in [1.82, 2.24) is 5.32 Å². The van der Waals surface area contributed by atoms with Gasteiger partial charge in [0.2, 0.25) is 5.91 Å². The summed E-state index contributed by atoms with van der Waals surface area (Å²) in [6.45, 7) is 0. The first-order valence-electron chi connectivity index (χ1n) is 7.95. The molecule has 0 heterocycles. The van der Waals surface area contributed by atoms with Crippen LogP contribution in [0.5, 0.6) is 0 Å². The van der Waals surface area contributed by atoms with Crippen LogP contribution in [0.3, 0.4) is 0 Å². The Morgan fingerprint density at radius 1 is 1.19 bits per heavy atom. The van der Waals surface area contributed by atoms with Gasteiger partial charge in [0.05, 0.1) is 6.04 Å². The first kappa shape index (κ1) is 14.9. The van der Waals surface area contributed by atoms with Gasteiger partial charge in [0, 0.05) is 17.0 Å². The van der Waals surface area contributed by atoms with E-state index < -0.39 is 0 Å². The van der Waals surface area contributed by atoms with E-state index in [9.17, 15) is 4.79 Å². The minimum atomic E-state index is 0.0855. The number of amides is 1. The summed E-state index contributed by atoms with van der Waals surface area (Å²) in [6.07, 6.45) is 6.29. The molecule has 21 heavy (non-hydrogen) atoms. The maximum Gasteiger partial charge on any atom is 0.223 e. The number of hydrogen-bond donors (Lipinski definition) is 2. The van der Waals surface area contributed by atoms with Gasteiger partial charge in [-0.3, -0.25) is 4.79 Å². The quantitative estimate of drug-likeness (QED) is 0.895. The fraction of sp³-hybridized carbons (Fsp3) is 0.588. The molecular weight excluding hydrogens is 284 g/mol. The smallest absolute Gasteiger partial charge is 0.223 e. The van der Waals surface area contributed by atoms with Gasteiger partial charge >= 0.3 is 0 Å². The summed E-state index contributed by atoms with van der Waals surface area (Å²) in [5.41, 5.74) is 7.16. The highest BCUT2D eigenvalue weighted by molar-refractivity contribution is 6.30. The Bertz CT molecular complexity index is 498. The molecule has 2 aliphatic rings. The summed E-state index contributed by atoms with van der Waals surface area (Å²) in [7, 11) is 0. The summed E-state index contributed by atoms with van der Waals surface area (Å²) in [6, 6.07) is 8.16. The Balaban J connectivity index is 1.67. The molecule has 1 amide bonds. The maximum atomic E-state index is 12.5. The van der Waals surface area contributed by atoms with Crippen molar-refractivity contribution >= 4 is 17.5 Å². The van der Waals surface area contributed by atoms with Crippen LogP contribution >= 0.6 is 11.6 Å². The zero-order valence-electron chi connectivity index (χ0n) is 12.2. The van der Waals surface area contributed by atoms with Crippen molar-refractivity contribution in [3.05, 3.63) is 34.9 Å². The summed E-state index contributed by atoms with van der Waals surface area (Å²) in [4.78, 5) is 12.5. The molecule has 0 radical (unpaired) electrons. The number of benzene rings is 1. The zero-order chi connectivity index (χ0) is 14.8. The van der Waals surface area contributed by atoms with Crippen molar-refractivity contribution in [2.45, 2.75) is 50.6 Å². The van der Waals surface area contributed by atoms with E-state index in [-0.39, 0.29) is 23.9 Å². The van der Waals surface area contributed by atoms with Crippen molar-refractivity contribution < 1.29 is 4.79 Å². The van der Waals surface area contributed by atoms with Crippen LogP contribution in [0.2, 0.25) is 5.02 Å². The van der Waals surface area contributed by atoms with E-state index in [1.54, 1.807) is 0 Å². The predicted molar refractivity (Wildman–Crippen MR) is 85.0 cm³/mol. The third-order valence-electron chi connectivity index (χ3n) is 4.71. The second-order valence-electron chi connectivity index (χ2n) is 6.50. The van der Waals surface area contributed by atoms with Crippen molar-refractivity contribution in [1.29, 1.82) is 0 Å². The molecule has 4 heteroatoms. The molecule has 2 fully saturated rings. The highest BCUT2D eigenvalue weighted by Crippen LogP contribution is 2.41. The van der Waals surface area contributed by atoms with Crippen molar-refractivity contribution in [2.75, 3.05) is 0 Å². The van der Waals surface area contributed by atoms with E-state index in [1.165, 1.54) is 12.8 Å². The number of nitrogens with two attached hydrogens (primary N) is 1. The average Bonchev–Trinajstić information content (AvgIpc) is 3.30. The van der Waals surface area contributed by atoms with Gasteiger partial charge in [-0.05, 0) is 55.7 Å². The summed E-state index contributed by atoms with van der Waals surface area (Å²) in [5.74, 6) is 0.840. The highest BCUT2D eigenvalue weighted by Gasteiger charge is 2.35. The molecule has 0 spiro atoms. The van der Waals surface area contributed by atoms with E-state index in [0.717, 1.165) is 36.3 Å². The van der Waals surface area contributed by atoms with Crippen LogP contribution in [-0.2, 0) is 4.79 Å². The lowest BCUT2D eigenvalue weighted by molar-refractivity contribution is -0.127. The van der Waals surface area contributed by atoms with Gasteiger partial charge in [0.1, 0.15) is 0 Å². The first-order chi connectivity index (χ1) is 10.1. The Hall–Kier alpha value is -1.06. The van der Waals surface area contributed by atoms with Crippen LogP contribution in [0.4, 0.5) is 0 Å². The SMILES string of the molecule is NC1CCCC(C(=O)NC(c2ccc(Cl)cc2)C2CC2)C1. The fourth-order valence-corrected chi connectivity index (χ4v) is 3.44. The minimum absolute atomic E-state index is 0.0855. The van der Waals surface area contributed by atoms with Gasteiger partial charge in [-0.2, -0.15) is 0 Å². The second-order valence-corrected chi connectivity index (χ2v) is 6.94. The molecule has 3 nitrogen and oxygen atoms in total. The number of rotatable bonds is 4. The van der Waals surface area contributed by atoms with E-state index in [4.69, 9.17) is 17.3 Å². The third-order valence-corrected chi connectivity index (χ3v) is 4.96. The van der Waals surface area contributed by atoms with Crippen molar-refractivity contribution in [3.63, 3.8) is 0 Å². The van der Waals surface area contributed by atoms with Crippen LogP contribution in [0.1, 0.15) is 50.1 Å². The molecule has 0 bridgehead atoms. The molecule has 3 rings (SSSR count). The topological polar surface area (TPSA) is 55.1 Å². The monoisotopic (exact) mass is 306 g/mol. The lowest BCUT2D eigenvalue weighted by Gasteiger charge is -2.28. The summed E-state index contributed by atoms with van der Waals surface area (Å²) >= 11 is 5.95. The molecule has 3 N–H and O–H groups in total. The van der Waals surface area contributed by atoms with E-state index in [0.29, 0.717) is 5.92 Å². The highest BCUT2D eigenvalue weighted by atomic mass is 35.5. The van der Waals surface area contributed by atoms with Crippen molar-refractivity contribution in [2.24, 2.45) is 17.6 Å². The molecule has 0 saturated heterocycles. The first-order valence-corrected chi connectivity index (χ1v) is 8.32. The van der Waals surface area contributed by atoms with Crippen LogP contribution < -0.4 is 11.1 Å². The van der Waals surface area contributed by atoms with Gasteiger partial charge < -0.3 is 11.1 Å². The molecule has 3 unspecified atom stereocenters. The Morgan fingerprint density at radius 2 is 1.90 bits per heavy atom. The molecule has 1 aromatic rings. The van der Waals surface area contributed by atoms with E-state index in [1.807, 2.05) is 24.3 Å². The number of carbonyl (C=O) groups excluding carboxylic acids is 1. The minimum Gasteiger partial charge on any atom is -0.349 e.